The predicted molar refractivity (Wildman–Crippen MR) is 65.6 cm³/mol. The number of carbonyl (C=O) groups is 2. The fraction of sp³-hybridized carbons (Fsp3) is 0.714. The van der Waals surface area contributed by atoms with E-state index in [4.69, 9.17) is 9.47 Å². The minimum atomic E-state index is -0.543. The third kappa shape index (κ3) is 3.12. The number of hydrogen-bond donors (Lipinski definition) is 0. The lowest BCUT2D eigenvalue weighted by Gasteiger charge is -2.20. The Balaban J connectivity index is 1.76. The Bertz CT molecular complexity index is 378. The maximum absolute atomic E-state index is 11.8. The Morgan fingerprint density at radius 2 is 1.94 bits per heavy atom. The Morgan fingerprint density at radius 1 is 1.22 bits per heavy atom. The van der Waals surface area contributed by atoms with E-state index >= 15 is 0 Å². The van der Waals surface area contributed by atoms with E-state index in [0.29, 0.717) is 11.8 Å². The van der Waals surface area contributed by atoms with Crippen LogP contribution in [0.1, 0.15) is 33.6 Å². The van der Waals surface area contributed by atoms with Gasteiger partial charge in [0.2, 0.25) is 0 Å². The average molecular weight is 252 g/mol. The number of fused-ring (bicyclic) bond motifs is 2. The van der Waals surface area contributed by atoms with E-state index in [9.17, 15) is 9.59 Å². The summed E-state index contributed by atoms with van der Waals surface area (Å²) in [5.41, 5.74) is -0.543. The fourth-order valence-corrected chi connectivity index (χ4v) is 2.66. The minimum Gasteiger partial charge on any atom is -0.457 e. The third-order valence-electron chi connectivity index (χ3n) is 3.33. The lowest BCUT2D eigenvalue weighted by atomic mass is 9.94. The van der Waals surface area contributed by atoms with Gasteiger partial charge >= 0.3 is 11.9 Å². The summed E-state index contributed by atoms with van der Waals surface area (Å²) in [5, 5.41) is 0. The zero-order chi connectivity index (χ0) is 13.3. The van der Waals surface area contributed by atoms with E-state index in [1.54, 1.807) is 20.8 Å². The molecule has 2 aliphatic carbocycles. The van der Waals surface area contributed by atoms with Crippen LogP contribution in [0.15, 0.2) is 12.2 Å². The van der Waals surface area contributed by atoms with Gasteiger partial charge in [-0.25, -0.2) is 4.79 Å². The highest BCUT2D eigenvalue weighted by atomic mass is 16.6. The van der Waals surface area contributed by atoms with E-state index < -0.39 is 11.6 Å². The summed E-state index contributed by atoms with van der Waals surface area (Å²) in [4.78, 5) is 23.3. The zero-order valence-corrected chi connectivity index (χ0v) is 11.1. The normalized spacial score (nSPS) is 29.4. The monoisotopic (exact) mass is 252 g/mol. The van der Waals surface area contributed by atoms with Gasteiger partial charge in [-0.15, -0.1) is 0 Å². The van der Waals surface area contributed by atoms with Crippen molar-refractivity contribution in [1.29, 1.82) is 0 Å². The lowest BCUT2D eigenvalue weighted by molar-refractivity contribution is -0.168. The molecule has 1 saturated carbocycles. The topological polar surface area (TPSA) is 52.6 Å². The van der Waals surface area contributed by atoms with Crippen LogP contribution in [0.25, 0.3) is 0 Å². The number of ether oxygens (including phenoxy) is 2. The van der Waals surface area contributed by atoms with Crippen molar-refractivity contribution in [3.63, 3.8) is 0 Å². The molecule has 1 fully saturated rings. The quantitative estimate of drug-likeness (QED) is 0.570. The van der Waals surface area contributed by atoms with Gasteiger partial charge in [-0.1, -0.05) is 12.2 Å². The maximum atomic E-state index is 11.8. The highest BCUT2D eigenvalue weighted by Gasteiger charge is 2.40. The first-order valence-corrected chi connectivity index (χ1v) is 6.42. The van der Waals surface area contributed by atoms with Crippen LogP contribution in [0, 0.1) is 17.8 Å². The average Bonchev–Trinajstić information content (AvgIpc) is 2.84. The second kappa shape index (κ2) is 4.75. The molecule has 2 bridgehead atoms. The number of esters is 2. The largest absolute Gasteiger partial charge is 0.457 e. The summed E-state index contributed by atoms with van der Waals surface area (Å²) in [6.45, 7) is 5.07. The molecule has 4 nitrogen and oxygen atoms in total. The van der Waals surface area contributed by atoms with Gasteiger partial charge in [-0.2, -0.15) is 0 Å². The van der Waals surface area contributed by atoms with Crippen molar-refractivity contribution in [2.24, 2.45) is 17.8 Å². The van der Waals surface area contributed by atoms with Gasteiger partial charge in [0.1, 0.15) is 5.60 Å². The minimum absolute atomic E-state index is 0.0672. The molecule has 0 radical (unpaired) electrons. The fourth-order valence-electron chi connectivity index (χ4n) is 2.66. The maximum Gasteiger partial charge on any atom is 0.344 e. The molecule has 2 aliphatic rings. The lowest BCUT2D eigenvalue weighted by Crippen LogP contribution is -2.29. The van der Waals surface area contributed by atoms with Gasteiger partial charge in [0.05, 0.1) is 5.92 Å². The van der Waals surface area contributed by atoms with E-state index in [1.165, 1.54) is 0 Å². The van der Waals surface area contributed by atoms with Crippen LogP contribution < -0.4 is 0 Å². The Morgan fingerprint density at radius 3 is 2.44 bits per heavy atom. The number of carbonyl (C=O) groups excluding carboxylic acids is 2. The van der Waals surface area contributed by atoms with Crippen LogP contribution in [0.5, 0.6) is 0 Å². The molecule has 0 heterocycles. The second-order valence-corrected chi connectivity index (χ2v) is 6.08. The first-order chi connectivity index (χ1) is 8.35. The van der Waals surface area contributed by atoms with Crippen LogP contribution in [-0.4, -0.2) is 24.1 Å². The summed E-state index contributed by atoms with van der Waals surface area (Å²) in [6, 6.07) is 0. The number of allylic oxidation sites excluding steroid dienone is 2. The van der Waals surface area contributed by atoms with Crippen molar-refractivity contribution in [1.82, 2.24) is 0 Å². The first kappa shape index (κ1) is 13.1. The molecule has 0 spiro atoms. The SMILES string of the molecule is CC(C)(C)OC(=O)COC(=O)C1CC2C=CC1C2. The Kier molecular flexibility index (Phi) is 3.46. The molecule has 3 atom stereocenters. The van der Waals surface area contributed by atoms with Crippen LogP contribution in [0.3, 0.4) is 0 Å². The van der Waals surface area contributed by atoms with Gasteiger partial charge in [0.25, 0.3) is 0 Å². The third-order valence-corrected chi connectivity index (χ3v) is 3.33. The second-order valence-electron chi connectivity index (χ2n) is 6.08. The van der Waals surface area contributed by atoms with Crippen molar-refractivity contribution in [2.45, 2.75) is 39.2 Å². The summed E-state index contributed by atoms with van der Waals surface area (Å²) in [6.07, 6.45) is 6.16. The van der Waals surface area contributed by atoms with Crippen LogP contribution in [0.4, 0.5) is 0 Å². The first-order valence-electron chi connectivity index (χ1n) is 6.42. The summed E-state index contributed by atoms with van der Waals surface area (Å²) in [5.74, 6) is 0.00454. The smallest absolute Gasteiger partial charge is 0.344 e. The standard InChI is InChI=1S/C14H20O4/c1-14(2,3)18-12(15)8-17-13(16)11-7-9-4-5-10(11)6-9/h4-5,9-11H,6-8H2,1-3H3. The van der Waals surface area contributed by atoms with E-state index in [-0.39, 0.29) is 18.5 Å². The molecule has 2 rings (SSSR count). The molecule has 0 N–H and O–H groups in total. The van der Waals surface area contributed by atoms with Crippen molar-refractivity contribution in [2.75, 3.05) is 6.61 Å². The van der Waals surface area contributed by atoms with Gasteiger partial charge in [-0.05, 0) is 45.4 Å². The van der Waals surface area contributed by atoms with E-state index in [1.807, 2.05) is 0 Å². The Labute approximate surface area is 107 Å². The zero-order valence-electron chi connectivity index (χ0n) is 11.1. The van der Waals surface area contributed by atoms with E-state index in [2.05, 4.69) is 12.2 Å². The van der Waals surface area contributed by atoms with E-state index in [0.717, 1.165) is 12.8 Å². The molecule has 0 aromatic heterocycles. The highest BCUT2D eigenvalue weighted by molar-refractivity contribution is 5.78. The molecule has 100 valence electrons. The van der Waals surface area contributed by atoms with Crippen molar-refractivity contribution < 1.29 is 19.1 Å². The van der Waals surface area contributed by atoms with Crippen LogP contribution >= 0.6 is 0 Å². The number of hydrogen-bond acceptors (Lipinski definition) is 4. The van der Waals surface area contributed by atoms with Gasteiger partial charge < -0.3 is 9.47 Å². The molecular formula is C14H20O4. The Hall–Kier alpha value is -1.32. The molecule has 18 heavy (non-hydrogen) atoms. The molecule has 0 amide bonds. The number of rotatable bonds is 3. The highest BCUT2D eigenvalue weighted by Crippen LogP contribution is 2.43. The van der Waals surface area contributed by atoms with Crippen molar-refractivity contribution in [3.8, 4) is 0 Å². The molecule has 0 saturated heterocycles. The molecule has 0 aromatic carbocycles. The predicted octanol–water partition coefficient (Wildman–Crippen LogP) is 2.08. The van der Waals surface area contributed by atoms with Crippen LogP contribution in [-0.2, 0) is 19.1 Å². The molecule has 4 heteroatoms. The summed E-state index contributed by atoms with van der Waals surface area (Å²) < 4.78 is 10.1. The van der Waals surface area contributed by atoms with Gasteiger partial charge in [0.15, 0.2) is 6.61 Å². The van der Waals surface area contributed by atoms with Crippen molar-refractivity contribution in [3.05, 3.63) is 12.2 Å². The van der Waals surface area contributed by atoms with Crippen LogP contribution in [0.2, 0.25) is 0 Å². The van der Waals surface area contributed by atoms with Crippen molar-refractivity contribution >= 4 is 11.9 Å². The van der Waals surface area contributed by atoms with Gasteiger partial charge in [0, 0.05) is 0 Å². The van der Waals surface area contributed by atoms with Gasteiger partial charge in [-0.3, -0.25) is 4.79 Å². The molecular weight excluding hydrogens is 232 g/mol. The molecule has 0 aliphatic heterocycles. The summed E-state index contributed by atoms with van der Waals surface area (Å²) >= 11 is 0. The molecule has 3 unspecified atom stereocenters. The summed E-state index contributed by atoms with van der Waals surface area (Å²) in [7, 11) is 0. The molecule has 0 aromatic rings.